The number of nitrogens with zero attached hydrogens (tertiary/aromatic N) is 3. The minimum absolute atomic E-state index is 0.157. The van der Waals surface area contributed by atoms with Crippen molar-refractivity contribution >= 4 is 5.91 Å². The average Bonchev–Trinajstić information content (AvgIpc) is 3.10. The zero-order valence-electron chi connectivity index (χ0n) is 14.5. The fourth-order valence-electron chi connectivity index (χ4n) is 3.35. The minimum atomic E-state index is 0.157. The second-order valence-electron chi connectivity index (χ2n) is 6.38. The van der Waals surface area contributed by atoms with Gasteiger partial charge >= 0.3 is 0 Å². The van der Waals surface area contributed by atoms with Gasteiger partial charge in [0.05, 0.1) is 11.3 Å². The van der Waals surface area contributed by atoms with Crippen molar-refractivity contribution in [3.05, 3.63) is 53.6 Å². The molecule has 0 bridgehead atoms. The van der Waals surface area contributed by atoms with E-state index in [1.54, 1.807) is 0 Å². The molecular weight excluding hydrogens is 300 g/mol. The SMILES string of the molecule is CCCc1[nH]ccc1C(=O)N1CCN(C(C)c2ccccn2)CC1. The molecule has 0 spiro atoms. The number of carbonyl (C=O) groups is 1. The van der Waals surface area contributed by atoms with E-state index in [1.807, 2.05) is 35.5 Å². The van der Waals surface area contributed by atoms with Gasteiger partial charge in [0.2, 0.25) is 0 Å². The van der Waals surface area contributed by atoms with Gasteiger partial charge in [-0.25, -0.2) is 0 Å². The van der Waals surface area contributed by atoms with Crippen LogP contribution in [0.3, 0.4) is 0 Å². The number of rotatable bonds is 5. The second kappa shape index (κ2) is 7.62. The summed E-state index contributed by atoms with van der Waals surface area (Å²) in [5, 5.41) is 0. The van der Waals surface area contributed by atoms with E-state index in [4.69, 9.17) is 0 Å². The highest BCUT2D eigenvalue weighted by Crippen LogP contribution is 2.21. The van der Waals surface area contributed by atoms with Crippen LogP contribution in [-0.4, -0.2) is 51.9 Å². The number of amides is 1. The number of hydrogen-bond donors (Lipinski definition) is 1. The average molecular weight is 326 g/mol. The van der Waals surface area contributed by atoms with Crippen LogP contribution in [0.2, 0.25) is 0 Å². The molecule has 1 unspecified atom stereocenters. The molecule has 1 aliphatic heterocycles. The Hall–Kier alpha value is -2.14. The first-order valence-corrected chi connectivity index (χ1v) is 8.81. The Kier molecular flexibility index (Phi) is 5.30. The monoisotopic (exact) mass is 326 g/mol. The first kappa shape index (κ1) is 16.7. The molecule has 0 saturated carbocycles. The fourth-order valence-corrected chi connectivity index (χ4v) is 3.35. The number of carbonyl (C=O) groups excluding carboxylic acids is 1. The van der Waals surface area contributed by atoms with Gasteiger partial charge in [-0.3, -0.25) is 14.7 Å². The van der Waals surface area contributed by atoms with Crippen LogP contribution in [0.25, 0.3) is 0 Å². The van der Waals surface area contributed by atoms with E-state index in [-0.39, 0.29) is 11.9 Å². The van der Waals surface area contributed by atoms with Crippen molar-refractivity contribution < 1.29 is 4.79 Å². The Morgan fingerprint density at radius 1 is 1.25 bits per heavy atom. The lowest BCUT2D eigenvalue weighted by Crippen LogP contribution is -2.49. The molecule has 5 nitrogen and oxygen atoms in total. The zero-order chi connectivity index (χ0) is 16.9. The summed E-state index contributed by atoms with van der Waals surface area (Å²) < 4.78 is 0. The summed E-state index contributed by atoms with van der Waals surface area (Å²) in [5.74, 6) is 0.157. The van der Waals surface area contributed by atoms with Crippen molar-refractivity contribution in [3.63, 3.8) is 0 Å². The van der Waals surface area contributed by atoms with Crippen LogP contribution in [0.15, 0.2) is 36.7 Å². The largest absolute Gasteiger partial charge is 0.364 e. The third-order valence-electron chi connectivity index (χ3n) is 4.83. The molecule has 128 valence electrons. The number of piperazine rings is 1. The third-order valence-corrected chi connectivity index (χ3v) is 4.83. The van der Waals surface area contributed by atoms with Gasteiger partial charge in [-0.1, -0.05) is 19.4 Å². The predicted octanol–water partition coefficient (Wildman–Crippen LogP) is 2.88. The summed E-state index contributed by atoms with van der Waals surface area (Å²) in [4.78, 5) is 24.8. The van der Waals surface area contributed by atoms with Gasteiger partial charge in [0.25, 0.3) is 5.91 Å². The highest BCUT2D eigenvalue weighted by Gasteiger charge is 2.27. The van der Waals surface area contributed by atoms with E-state index in [1.165, 1.54) is 0 Å². The quantitative estimate of drug-likeness (QED) is 0.919. The molecule has 2 aromatic rings. The molecule has 24 heavy (non-hydrogen) atoms. The molecule has 1 atom stereocenters. The first-order valence-electron chi connectivity index (χ1n) is 8.81. The maximum absolute atomic E-state index is 12.8. The molecular formula is C19H26N4O. The summed E-state index contributed by atoms with van der Waals surface area (Å²) in [5.41, 5.74) is 2.99. The minimum Gasteiger partial charge on any atom is -0.364 e. The van der Waals surface area contributed by atoms with Crippen molar-refractivity contribution in [1.29, 1.82) is 0 Å². The topological polar surface area (TPSA) is 52.2 Å². The molecule has 0 aromatic carbocycles. The van der Waals surface area contributed by atoms with Crippen molar-refractivity contribution in [2.24, 2.45) is 0 Å². The molecule has 0 radical (unpaired) electrons. The molecule has 0 aliphatic carbocycles. The number of aromatic amines is 1. The third kappa shape index (κ3) is 3.51. The van der Waals surface area contributed by atoms with Crippen LogP contribution >= 0.6 is 0 Å². The molecule has 1 amide bonds. The summed E-state index contributed by atoms with van der Waals surface area (Å²) in [6.07, 6.45) is 5.67. The number of hydrogen-bond acceptors (Lipinski definition) is 3. The van der Waals surface area contributed by atoms with Gasteiger partial charge in [-0.15, -0.1) is 0 Å². The summed E-state index contributed by atoms with van der Waals surface area (Å²) in [7, 11) is 0. The van der Waals surface area contributed by atoms with E-state index in [9.17, 15) is 4.79 Å². The van der Waals surface area contributed by atoms with Crippen molar-refractivity contribution in [1.82, 2.24) is 19.8 Å². The highest BCUT2D eigenvalue weighted by atomic mass is 16.2. The van der Waals surface area contributed by atoms with E-state index in [2.05, 4.69) is 34.8 Å². The molecule has 2 aromatic heterocycles. The number of nitrogens with one attached hydrogen (secondary N) is 1. The van der Waals surface area contributed by atoms with Gasteiger partial charge in [0.1, 0.15) is 0 Å². The molecule has 3 rings (SSSR count). The van der Waals surface area contributed by atoms with E-state index in [0.717, 1.165) is 56.0 Å². The number of pyridine rings is 1. The van der Waals surface area contributed by atoms with Crippen LogP contribution in [0.4, 0.5) is 0 Å². The first-order chi connectivity index (χ1) is 11.7. The second-order valence-corrected chi connectivity index (χ2v) is 6.38. The lowest BCUT2D eigenvalue weighted by atomic mass is 10.1. The molecule has 5 heteroatoms. The molecule has 1 fully saturated rings. The van der Waals surface area contributed by atoms with E-state index >= 15 is 0 Å². The molecule has 1 N–H and O–H groups in total. The Balaban J connectivity index is 1.60. The van der Waals surface area contributed by atoms with E-state index in [0.29, 0.717) is 0 Å². The lowest BCUT2D eigenvalue weighted by molar-refractivity contribution is 0.0578. The van der Waals surface area contributed by atoms with Gasteiger partial charge < -0.3 is 9.88 Å². The molecule has 1 aliphatic rings. The maximum atomic E-state index is 12.8. The Morgan fingerprint density at radius 2 is 2.04 bits per heavy atom. The normalized spacial score (nSPS) is 17.0. The van der Waals surface area contributed by atoms with Crippen LogP contribution in [0.1, 0.15) is 48.1 Å². The molecule has 1 saturated heterocycles. The summed E-state index contributed by atoms with van der Waals surface area (Å²) >= 11 is 0. The lowest BCUT2D eigenvalue weighted by Gasteiger charge is -2.37. The predicted molar refractivity (Wildman–Crippen MR) is 94.9 cm³/mol. The highest BCUT2D eigenvalue weighted by molar-refractivity contribution is 5.95. The smallest absolute Gasteiger partial charge is 0.255 e. The van der Waals surface area contributed by atoms with Crippen LogP contribution in [-0.2, 0) is 6.42 Å². The van der Waals surface area contributed by atoms with Gasteiger partial charge in [-0.05, 0) is 31.5 Å². The zero-order valence-corrected chi connectivity index (χ0v) is 14.5. The standard InChI is InChI=1S/C19H26N4O/c1-3-6-18-16(8-10-21-18)19(24)23-13-11-22(12-14-23)15(2)17-7-4-5-9-20-17/h4-5,7-10,15,21H,3,6,11-14H2,1-2H3. The maximum Gasteiger partial charge on any atom is 0.255 e. The van der Waals surface area contributed by atoms with E-state index < -0.39 is 0 Å². The molecule has 3 heterocycles. The van der Waals surface area contributed by atoms with Crippen molar-refractivity contribution in [2.75, 3.05) is 26.2 Å². The van der Waals surface area contributed by atoms with Crippen LogP contribution in [0.5, 0.6) is 0 Å². The van der Waals surface area contributed by atoms with Crippen LogP contribution < -0.4 is 0 Å². The number of H-pyrrole nitrogens is 1. The Bertz CT molecular complexity index is 659. The summed E-state index contributed by atoms with van der Waals surface area (Å²) in [6, 6.07) is 8.23. The van der Waals surface area contributed by atoms with Crippen molar-refractivity contribution in [3.8, 4) is 0 Å². The summed E-state index contributed by atoms with van der Waals surface area (Å²) in [6.45, 7) is 7.63. The Morgan fingerprint density at radius 3 is 2.71 bits per heavy atom. The van der Waals surface area contributed by atoms with Crippen LogP contribution in [0, 0.1) is 0 Å². The number of aromatic nitrogens is 2. The van der Waals surface area contributed by atoms with Crippen molar-refractivity contribution in [2.45, 2.75) is 32.7 Å². The van der Waals surface area contributed by atoms with Gasteiger partial charge in [0.15, 0.2) is 0 Å². The van der Waals surface area contributed by atoms with Gasteiger partial charge in [0, 0.05) is 50.3 Å². The number of aryl methyl sites for hydroxylation is 1. The Labute approximate surface area is 143 Å². The van der Waals surface area contributed by atoms with Gasteiger partial charge in [-0.2, -0.15) is 0 Å². The fraction of sp³-hybridized carbons (Fsp3) is 0.474.